The molecule has 4 aromatic rings. The second kappa shape index (κ2) is 8.71. The molecule has 0 saturated carbocycles. The third kappa shape index (κ3) is 4.47. The molecule has 0 aliphatic carbocycles. The molecular formula is C27H22FN3OS. The summed E-state index contributed by atoms with van der Waals surface area (Å²) in [4.78, 5) is 17.8. The van der Waals surface area contributed by atoms with Crippen LogP contribution in [0.4, 0.5) is 10.1 Å². The summed E-state index contributed by atoms with van der Waals surface area (Å²) in [5, 5.41) is 4.50. The Morgan fingerprint density at radius 2 is 1.82 bits per heavy atom. The van der Waals surface area contributed by atoms with Gasteiger partial charge in [0.25, 0.3) is 5.91 Å². The number of aryl methyl sites for hydroxylation is 2. The molecule has 0 spiro atoms. The van der Waals surface area contributed by atoms with Crippen molar-refractivity contribution in [1.82, 2.24) is 9.88 Å². The van der Waals surface area contributed by atoms with Crippen LogP contribution in [0, 0.1) is 19.7 Å². The molecule has 1 aromatic heterocycles. The van der Waals surface area contributed by atoms with Crippen LogP contribution in [0.25, 0.3) is 17.0 Å². The number of carbonyl (C=O) groups is 1. The van der Waals surface area contributed by atoms with Gasteiger partial charge in [-0.05, 0) is 78.7 Å². The number of halogens is 1. The fourth-order valence-electron chi connectivity index (χ4n) is 3.84. The van der Waals surface area contributed by atoms with Crippen molar-refractivity contribution in [2.24, 2.45) is 4.99 Å². The van der Waals surface area contributed by atoms with Crippen LogP contribution >= 0.6 is 11.8 Å². The zero-order valence-corrected chi connectivity index (χ0v) is 19.1. The van der Waals surface area contributed by atoms with E-state index < -0.39 is 0 Å². The van der Waals surface area contributed by atoms with Gasteiger partial charge in [0.15, 0.2) is 5.17 Å². The van der Waals surface area contributed by atoms with Gasteiger partial charge in [0.05, 0.1) is 10.6 Å². The molecule has 0 unspecified atom stereocenters. The highest BCUT2D eigenvalue weighted by Crippen LogP contribution is 2.31. The molecule has 0 radical (unpaired) electrons. The minimum atomic E-state index is -0.246. The number of thioether (sulfide) groups is 1. The fourth-order valence-corrected chi connectivity index (χ4v) is 4.67. The molecule has 0 bridgehead atoms. The number of para-hydroxylation sites is 1. The highest BCUT2D eigenvalue weighted by molar-refractivity contribution is 8.18. The smallest absolute Gasteiger partial charge is 0.264 e. The number of aromatic nitrogens is 1. The maximum absolute atomic E-state index is 13.3. The summed E-state index contributed by atoms with van der Waals surface area (Å²) >= 11 is 1.34. The van der Waals surface area contributed by atoms with E-state index in [0.29, 0.717) is 16.6 Å². The van der Waals surface area contributed by atoms with Gasteiger partial charge in [-0.15, -0.1) is 0 Å². The van der Waals surface area contributed by atoms with Crippen LogP contribution in [0.15, 0.2) is 82.8 Å². The van der Waals surface area contributed by atoms with Crippen LogP contribution in [0.2, 0.25) is 0 Å². The molecule has 2 heterocycles. The van der Waals surface area contributed by atoms with Crippen LogP contribution < -0.4 is 5.32 Å². The molecule has 1 saturated heterocycles. The molecule has 4 nitrogen and oxygen atoms in total. The second-order valence-electron chi connectivity index (χ2n) is 8.11. The minimum absolute atomic E-state index is 0.155. The van der Waals surface area contributed by atoms with Gasteiger partial charge in [-0.2, -0.15) is 0 Å². The van der Waals surface area contributed by atoms with E-state index in [1.54, 1.807) is 12.1 Å². The maximum Gasteiger partial charge on any atom is 0.264 e. The van der Waals surface area contributed by atoms with Gasteiger partial charge in [-0.1, -0.05) is 36.4 Å². The summed E-state index contributed by atoms with van der Waals surface area (Å²) in [5.41, 5.74) is 6.21. The summed E-state index contributed by atoms with van der Waals surface area (Å²) in [5.74, 6) is -0.401. The van der Waals surface area contributed by atoms with Crippen LogP contribution in [-0.2, 0) is 11.3 Å². The lowest BCUT2D eigenvalue weighted by Crippen LogP contribution is -2.19. The van der Waals surface area contributed by atoms with E-state index in [0.717, 1.165) is 33.3 Å². The molecule has 0 atom stereocenters. The van der Waals surface area contributed by atoms with Crippen molar-refractivity contribution < 1.29 is 9.18 Å². The number of carbonyl (C=O) groups excluding carboxylic acids is 1. The molecular weight excluding hydrogens is 433 g/mol. The summed E-state index contributed by atoms with van der Waals surface area (Å²) in [6.07, 6.45) is 3.94. The first-order chi connectivity index (χ1) is 16.0. The summed E-state index contributed by atoms with van der Waals surface area (Å²) < 4.78 is 15.4. The Morgan fingerprint density at radius 1 is 1.03 bits per heavy atom. The third-order valence-corrected chi connectivity index (χ3v) is 6.65. The van der Waals surface area contributed by atoms with Gasteiger partial charge < -0.3 is 9.88 Å². The van der Waals surface area contributed by atoms with E-state index >= 15 is 0 Å². The van der Waals surface area contributed by atoms with Gasteiger partial charge in [0.1, 0.15) is 5.82 Å². The Bertz CT molecular complexity index is 1430. The molecule has 1 aliphatic heterocycles. The number of aliphatic imine (C=N–C) groups is 1. The van der Waals surface area contributed by atoms with E-state index in [2.05, 4.69) is 27.9 Å². The van der Waals surface area contributed by atoms with Crippen LogP contribution in [0.5, 0.6) is 0 Å². The average Bonchev–Trinajstić information content (AvgIpc) is 3.32. The van der Waals surface area contributed by atoms with Crippen molar-refractivity contribution in [1.29, 1.82) is 0 Å². The first-order valence-corrected chi connectivity index (χ1v) is 11.5. The molecule has 5 rings (SSSR count). The van der Waals surface area contributed by atoms with Crippen LogP contribution in [0.3, 0.4) is 0 Å². The monoisotopic (exact) mass is 455 g/mol. The average molecular weight is 456 g/mol. The Hall–Kier alpha value is -3.64. The van der Waals surface area contributed by atoms with Gasteiger partial charge in [-0.25, -0.2) is 9.38 Å². The molecule has 1 fully saturated rings. The van der Waals surface area contributed by atoms with E-state index in [1.807, 2.05) is 55.6 Å². The van der Waals surface area contributed by atoms with Crippen molar-refractivity contribution in [3.05, 3.63) is 106 Å². The van der Waals surface area contributed by atoms with Gasteiger partial charge >= 0.3 is 0 Å². The number of rotatable bonds is 4. The highest BCUT2D eigenvalue weighted by Gasteiger charge is 2.24. The van der Waals surface area contributed by atoms with Crippen molar-refractivity contribution >= 4 is 45.5 Å². The number of amidine groups is 1. The number of fused-ring (bicyclic) bond motifs is 1. The fraction of sp³-hybridized carbons (Fsp3) is 0.111. The number of hydrogen-bond acceptors (Lipinski definition) is 3. The van der Waals surface area contributed by atoms with E-state index in [9.17, 15) is 9.18 Å². The normalized spacial score (nSPS) is 16.2. The quantitative estimate of drug-likeness (QED) is 0.365. The van der Waals surface area contributed by atoms with Gasteiger partial charge in [0.2, 0.25) is 0 Å². The predicted octanol–water partition coefficient (Wildman–Crippen LogP) is 6.34. The molecule has 1 aliphatic rings. The first kappa shape index (κ1) is 21.2. The Labute approximate surface area is 195 Å². The van der Waals surface area contributed by atoms with Gasteiger partial charge in [0, 0.05) is 29.2 Å². The lowest BCUT2D eigenvalue weighted by Gasteiger charge is -2.05. The third-order valence-electron chi connectivity index (χ3n) is 5.74. The largest absolute Gasteiger partial charge is 0.342 e. The molecule has 3 aromatic carbocycles. The minimum Gasteiger partial charge on any atom is -0.342 e. The summed E-state index contributed by atoms with van der Waals surface area (Å²) in [7, 11) is 0. The second-order valence-corrected chi connectivity index (χ2v) is 9.14. The zero-order chi connectivity index (χ0) is 22.9. The van der Waals surface area contributed by atoms with Crippen LogP contribution in [-0.4, -0.2) is 15.6 Å². The van der Waals surface area contributed by atoms with Crippen LogP contribution in [0.1, 0.15) is 22.3 Å². The number of nitrogens with zero attached hydrogens (tertiary/aromatic N) is 2. The first-order valence-electron chi connectivity index (χ1n) is 10.7. The molecule has 1 amide bonds. The van der Waals surface area contributed by atoms with Crippen molar-refractivity contribution in [3.63, 3.8) is 0 Å². The highest BCUT2D eigenvalue weighted by atomic mass is 32.2. The van der Waals surface area contributed by atoms with Crippen molar-refractivity contribution in [3.8, 4) is 0 Å². The number of hydrogen-bond donors (Lipinski definition) is 1. The summed E-state index contributed by atoms with van der Waals surface area (Å²) in [6.45, 7) is 4.72. The Kier molecular flexibility index (Phi) is 5.60. The predicted molar refractivity (Wildman–Crippen MR) is 134 cm³/mol. The lowest BCUT2D eigenvalue weighted by molar-refractivity contribution is -0.115. The molecule has 1 N–H and O–H groups in total. The number of amides is 1. The maximum atomic E-state index is 13.3. The topological polar surface area (TPSA) is 46.4 Å². The summed E-state index contributed by atoms with van der Waals surface area (Å²) in [6, 6.07) is 20.6. The lowest BCUT2D eigenvalue weighted by atomic mass is 10.1. The van der Waals surface area contributed by atoms with Gasteiger partial charge in [-0.3, -0.25) is 4.79 Å². The zero-order valence-electron chi connectivity index (χ0n) is 18.3. The molecule has 6 heteroatoms. The van der Waals surface area contributed by atoms with Crippen molar-refractivity contribution in [2.75, 3.05) is 0 Å². The Morgan fingerprint density at radius 3 is 2.61 bits per heavy atom. The van der Waals surface area contributed by atoms with E-state index in [-0.39, 0.29) is 11.7 Å². The number of benzene rings is 3. The molecule has 33 heavy (non-hydrogen) atoms. The van der Waals surface area contributed by atoms with E-state index in [4.69, 9.17) is 0 Å². The molecule has 164 valence electrons. The SMILES string of the molecule is Cc1ccc(N=C2NC(=O)/C(=C/c3cn(Cc4ccc(F)cc4)c4ccccc34)S2)cc1C. The number of nitrogens with one attached hydrogen (secondary N) is 1. The van der Waals surface area contributed by atoms with Crippen molar-refractivity contribution in [2.45, 2.75) is 20.4 Å². The standard InChI is InChI=1S/C27H22FN3OS/c1-17-7-12-22(13-18(17)2)29-27-30-26(32)25(33-27)14-20-16-31(24-6-4-3-5-23(20)24)15-19-8-10-21(28)11-9-19/h3-14,16H,15H2,1-2H3,(H,29,30,32)/b25-14-. The Balaban J connectivity index is 1.46. The van der Waals surface area contributed by atoms with E-state index in [1.165, 1.54) is 29.5 Å².